The summed E-state index contributed by atoms with van der Waals surface area (Å²) in [6.45, 7) is 1.00. The van der Waals surface area contributed by atoms with Crippen molar-refractivity contribution in [2.24, 2.45) is 0 Å². The van der Waals surface area contributed by atoms with Crippen LogP contribution in [0.1, 0.15) is 11.3 Å². The molecule has 0 spiro atoms. The maximum Gasteiger partial charge on any atom is 0.211 e. The predicted octanol–water partition coefficient (Wildman–Crippen LogP) is 0.399. The third-order valence-corrected chi connectivity index (χ3v) is 3.65. The Morgan fingerprint density at radius 2 is 2.29 bits per heavy atom. The smallest absolute Gasteiger partial charge is 0.211 e. The summed E-state index contributed by atoms with van der Waals surface area (Å²) in [5.41, 5.74) is 2.04. The summed E-state index contributed by atoms with van der Waals surface area (Å²) >= 11 is 0. The highest BCUT2D eigenvalue weighted by molar-refractivity contribution is 7.88. The van der Waals surface area contributed by atoms with Crippen molar-refractivity contribution in [3.63, 3.8) is 0 Å². The van der Waals surface area contributed by atoms with Crippen molar-refractivity contribution in [3.05, 3.63) is 29.6 Å². The molecule has 1 aromatic heterocycles. The summed E-state index contributed by atoms with van der Waals surface area (Å²) in [6, 6.07) is 3.77. The quantitative estimate of drug-likeness (QED) is 0.677. The fourth-order valence-electron chi connectivity index (χ4n) is 1.62. The van der Waals surface area contributed by atoms with Crippen LogP contribution in [0.15, 0.2) is 18.3 Å². The lowest BCUT2D eigenvalue weighted by atomic mass is 10.1. The van der Waals surface area contributed by atoms with Crippen LogP contribution in [0.25, 0.3) is 0 Å². The summed E-state index contributed by atoms with van der Waals surface area (Å²) in [5, 5.41) is 0. The molecule has 76 valence electrons. The Balaban J connectivity index is 2.30. The molecule has 4 nitrogen and oxygen atoms in total. The molecule has 5 heteroatoms. The van der Waals surface area contributed by atoms with Gasteiger partial charge < -0.3 is 0 Å². The third kappa shape index (κ3) is 1.78. The van der Waals surface area contributed by atoms with Crippen LogP contribution in [-0.4, -0.2) is 30.5 Å². The minimum absolute atomic E-state index is 0.460. The molecular formula is C9H12N2O2S. The SMILES string of the molecule is CS(=O)(=O)N1CCc2ncccc2C1. The van der Waals surface area contributed by atoms with Crippen LogP contribution < -0.4 is 0 Å². The molecule has 1 aliphatic heterocycles. The molecule has 0 radical (unpaired) electrons. The van der Waals surface area contributed by atoms with E-state index in [1.807, 2.05) is 12.1 Å². The predicted molar refractivity (Wildman–Crippen MR) is 53.2 cm³/mol. The molecule has 1 aliphatic rings. The fourth-order valence-corrected chi connectivity index (χ4v) is 2.42. The van der Waals surface area contributed by atoms with E-state index in [1.54, 1.807) is 6.20 Å². The first-order valence-electron chi connectivity index (χ1n) is 4.45. The van der Waals surface area contributed by atoms with Crippen molar-refractivity contribution >= 4 is 10.0 Å². The van der Waals surface area contributed by atoms with Crippen molar-refractivity contribution < 1.29 is 8.42 Å². The monoisotopic (exact) mass is 212 g/mol. The second-order valence-corrected chi connectivity index (χ2v) is 5.44. The molecule has 1 aromatic rings. The number of pyridine rings is 1. The molecule has 14 heavy (non-hydrogen) atoms. The molecule has 0 unspecified atom stereocenters. The topological polar surface area (TPSA) is 50.3 Å². The number of hydrogen-bond donors (Lipinski definition) is 0. The Morgan fingerprint density at radius 3 is 3.00 bits per heavy atom. The van der Waals surface area contributed by atoms with Gasteiger partial charge in [0.05, 0.1) is 6.26 Å². The Labute approximate surface area is 83.6 Å². The zero-order chi connectivity index (χ0) is 10.2. The van der Waals surface area contributed by atoms with Crippen molar-refractivity contribution in [2.45, 2.75) is 13.0 Å². The van der Waals surface area contributed by atoms with E-state index in [2.05, 4.69) is 4.98 Å². The maximum atomic E-state index is 11.3. The van der Waals surface area contributed by atoms with Gasteiger partial charge in [0, 0.05) is 31.4 Å². The molecule has 0 amide bonds. The van der Waals surface area contributed by atoms with Crippen LogP contribution in [0.2, 0.25) is 0 Å². The van der Waals surface area contributed by atoms with Gasteiger partial charge in [-0.1, -0.05) is 6.07 Å². The first-order valence-corrected chi connectivity index (χ1v) is 6.30. The molecule has 0 N–H and O–H groups in total. The Kier molecular flexibility index (Phi) is 2.28. The molecule has 0 bridgehead atoms. The fraction of sp³-hybridized carbons (Fsp3) is 0.444. The number of hydrogen-bond acceptors (Lipinski definition) is 3. The summed E-state index contributed by atoms with van der Waals surface area (Å²) in [4.78, 5) is 4.21. The average molecular weight is 212 g/mol. The highest BCUT2D eigenvalue weighted by Gasteiger charge is 2.23. The van der Waals surface area contributed by atoms with Crippen LogP contribution >= 0.6 is 0 Å². The van der Waals surface area contributed by atoms with E-state index in [0.29, 0.717) is 19.5 Å². The van der Waals surface area contributed by atoms with Gasteiger partial charge in [0.15, 0.2) is 0 Å². The molecule has 0 aliphatic carbocycles. The molecule has 0 saturated heterocycles. The van der Waals surface area contributed by atoms with Crippen LogP contribution in [-0.2, 0) is 23.0 Å². The van der Waals surface area contributed by atoms with Gasteiger partial charge in [-0.3, -0.25) is 4.98 Å². The zero-order valence-electron chi connectivity index (χ0n) is 7.97. The van der Waals surface area contributed by atoms with E-state index in [1.165, 1.54) is 10.6 Å². The largest absolute Gasteiger partial charge is 0.261 e. The number of sulfonamides is 1. The summed E-state index contributed by atoms with van der Waals surface area (Å²) in [5.74, 6) is 0. The van der Waals surface area contributed by atoms with Gasteiger partial charge in [-0.25, -0.2) is 8.42 Å². The lowest BCUT2D eigenvalue weighted by Gasteiger charge is -2.25. The van der Waals surface area contributed by atoms with E-state index >= 15 is 0 Å². The van der Waals surface area contributed by atoms with Crippen molar-refractivity contribution in [1.29, 1.82) is 0 Å². The van der Waals surface area contributed by atoms with E-state index < -0.39 is 10.0 Å². The third-order valence-electron chi connectivity index (χ3n) is 2.40. The first kappa shape index (κ1) is 9.61. The second kappa shape index (κ2) is 3.33. The van der Waals surface area contributed by atoms with E-state index in [-0.39, 0.29) is 0 Å². The second-order valence-electron chi connectivity index (χ2n) is 3.46. The Hall–Kier alpha value is -0.940. The molecule has 0 fully saturated rings. The van der Waals surface area contributed by atoms with Crippen LogP contribution in [0.5, 0.6) is 0 Å². The highest BCUT2D eigenvalue weighted by atomic mass is 32.2. The lowest BCUT2D eigenvalue weighted by molar-refractivity contribution is 0.391. The van der Waals surface area contributed by atoms with Gasteiger partial charge in [0.1, 0.15) is 0 Å². The van der Waals surface area contributed by atoms with Crippen LogP contribution in [0.4, 0.5) is 0 Å². The number of nitrogens with zero attached hydrogens (tertiary/aromatic N) is 2. The van der Waals surface area contributed by atoms with Gasteiger partial charge in [0.25, 0.3) is 0 Å². The maximum absolute atomic E-state index is 11.3. The number of aromatic nitrogens is 1. The average Bonchev–Trinajstić information content (AvgIpc) is 2.16. The number of rotatable bonds is 1. The lowest BCUT2D eigenvalue weighted by Crippen LogP contribution is -2.35. The molecule has 2 rings (SSSR count). The van der Waals surface area contributed by atoms with Gasteiger partial charge in [0.2, 0.25) is 10.0 Å². The standard InChI is InChI=1S/C9H12N2O2S/c1-14(12,13)11-6-4-9-8(7-11)3-2-5-10-9/h2-3,5H,4,6-7H2,1H3. The van der Waals surface area contributed by atoms with Crippen LogP contribution in [0, 0.1) is 0 Å². The molecular weight excluding hydrogens is 200 g/mol. The van der Waals surface area contributed by atoms with Gasteiger partial charge >= 0.3 is 0 Å². The molecule has 2 heterocycles. The summed E-state index contributed by atoms with van der Waals surface area (Å²) in [7, 11) is -3.06. The van der Waals surface area contributed by atoms with Crippen molar-refractivity contribution in [2.75, 3.05) is 12.8 Å². The summed E-state index contributed by atoms with van der Waals surface area (Å²) in [6.07, 6.45) is 3.70. The van der Waals surface area contributed by atoms with Gasteiger partial charge in [-0.05, 0) is 11.6 Å². The highest BCUT2D eigenvalue weighted by Crippen LogP contribution is 2.17. The summed E-state index contributed by atoms with van der Waals surface area (Å²) < 4.78 is 24.1. The molecule has 0 saturated carbocycles. The number of fused-ring (bicyclic) bond motifs is 1. The minimum atomic E-state index is -3.06. The van der Waals surface area contributed by atoms with E-state index in [9.17, 15) is 8.42 Å². The Morgan fingerprint density at radius 1 is 1.50 bits per heavy atom. The van der Waals surface area contributed by atoms with Gasteiger partial charge in [-0.15, -0.1) is 0 Å². The minimum Gasteiger partial charge on any atom is -0.261 e. The zero-order valence-corrected chi connectivity index (χ0v) is 8.79. The first-order chi connectivity index (χ1) is 6.57. The van der Waals surface area contributed by atoms with Gasteiger partial charge in [-0.2, -0.15) is 4.31 Å². The van der Waals surface area contributed by atoms with Crippen molar-refractivity contribution in [3.8, 4) is 0 Å². The van der Waals surface area contributed by atoms with E-state index in [4.69, 9.17) is 0 Å². The Bertz CT molecular complexity index is 442. The molecule has 0 atom stereocenters. The normalized spacial score (nSPS) is 17.8. The molecule has 0 aromatic carbocycles. The van der Waals surface area contributed by atoms with E-state index in [0.717, 1.165) is 11.3 Å². The van der Waals surface area contributed by atoms with Crippen LogP contribution in [0.3, 0.4) is 0 Å². The van der Waals surface area contributed by atoms with Crippen molar-refractivity contribution in [1.82, 2.24) is 9.29 Å².